The molecule has 0 aliphatic carbocycles. The molecular weight excluding hydrogens is 298 g/mol. The number of carbonyl (C=O) groups is 2. The molecule has 0 saturated carbocycles. The van der Waals surface area contributed by atoms with E-state index in [9.17, 15) is 9.59 Å². The SMILES string of the molecule is CC1C(=O)NCCN1C(=O)Nc1ccccc1Br. The molecule has 0 bridgehead atoms. The van der Waals surface area contributed by atoms with Gasteiger partial charge in [0.2, 0.25) is 5.91 Å². The maximum absolute atomic E-state index is 12.1. The van der Waals surface area contributed by atoms with Crippen LogP contribution in [0, 0.1) is 0 Å². The molecule has 18 heavy (non-hydrogen) atoms. The highest BCUT2D eigenvalue weighted by Crippen LogP contribution is 2.21. The molecule has 5 nitrogen and oxygen atoms in total. The molecule has 96 valence electrons. The number of anilines is 1. The van der Waals surface area contributed by atoms with Crippen molar-refractivity contribution in [3.05, 3.63) is 28.7 Å². The van der Waals surface area contributed by atoms with E-state index in [1.807, 2.05) is 18.2 Å². The first-order valence-corrected chi connectivity index (χ1v) is 6.49. The number of nitrogens with one attached hydrogen (secondary N) is 2. The van der Waals surface area contributed by atoms with Crippen LogP contribution in [0.4, 0.5) is 10.5 Å². The Balaban J connectivity index is 2.08. The number of hydrogen-bond donors (Lipinski definition) is 2. The number of nitrogens with zero attached hydrogens (tertiary/aromatic N) is 1. The molecule has 6 heteroatoms. The normalized spacial score (nSPS) is 19.3. The lowest BCUT2D eigenvalue weighted by molar-refractivity contribution is -0.126. The molecule has 1 atom stereocenters. The quantitative estimate of drug-likeness (QED) is 0.831. The molecule has 3 amide bonds. The van der Waals surface area contributed by atoms with Gasteiger partial charge in [-0.1, -0.05) is 12.1 Å². The Bertz CT molecular complexity index is 478. The van der Waals surface area contributed by atoms with Gasteiger partial charge in [0.1, 0.15) is 6.04 Å². The molecule has 1 aliphatic heterocycles. The summed E-state index contributed by atoms with van der Waals surface area (Å²) in [6, 6.07) is 6.66. The predicted octanol–water partition coefficient (Wildman–Crippen LogP) is 1.80. The number of carbonyl (C=O) groups excluding carboxylic acids is 2. The van der Waals surface area contributed by atoms with Crippen LogP contribution in [0.25, 0.3) is 0 Å². The summed E-state index contributed by atoms with van der Waals surface area (Å²) in [5, 5.41) is 5.51. The smallest absolute Gasteiger partial charge is 0.322 e. The second kappa shape index (κ2) is 5.39. The number of hydrogen-bond acceptors (Lipinski definition) is 2. The minimum Gasteiger partial charge on any atom is -0.353 e. The van der Waals surface area contributed by atoms with Gasteiger partial charge in [0.15, 0.2) is 0 Å². The van der Waals surface area contributed by atoms with Gasteiger partial charge < -0.3 is 15.5 Å². The molecule has 1 heterocycles. The van der Waals surface area contributed by atoms with E-state index in [0.717, 1.165) is 4.47 Å². The Morgan fingerprint density at radius 1 is 1.50 bits per heavy atom. The zero-order valence-electron chi connectivity index (χ0n) is 9.94. The van der Waals surface area contributed by atoms with Crippen molar-refractivity contribution >= 4 is 33.6 Å². The second-order valence-corrected chi connectivity index (χ2v) is 4.92. The van der Waals surface area contributed by atoms with Gasteiger partial charge in [-0.25, -0.2) is 4.79 Å². The molecule has 2 N–H and O–H groups in total. The minimum atomic E-state index is -0.443. The van der Waals surface area contributed by atoms with Gasteiger partial charge in [0.05, 0.1) is 5.69 Å². The number of piperazine rings is 1. The monoisotopic (exact) mass is 311 g/mol. The first-order chi connectivity index (χ1) is 8.59. The fraction of sp³-hybridized carbons (Fsp3) is 0.333. The summed E-state index contributed by atoms with van der Waals surface area (Å²) in [7, 11) is 0. The predicted molar refractivity (Wildman–Crippen MR) is 72.3 cm³/mol. The maximum Gasteiger partial charge on any atom is 0.322 e. The second-order valence-electron chi connectivity index (χ2n) is 4.07. The number of benzene rings is 1. The van der Waals surface area contributed by atoms with Crippen LogP contribution in [0.2, 0.25) is 0 Å². The third-order valence-electron chi connectivity index (χ3n) is 2.88. The van der Waals surface area contributed by atoms with Crippen molar-refractivity contribution in [1.29, 1.82) is 0 Å². The summed E-state index contributed by atoms with van der Waals surface area (Å²) in [4.78, 5) is 25.1. The molecule has 2 rings (SSSR count). The van der Waals surface area contributed by atoms with Crippen molar-refractivity contribution in [1.82, 2.24) is 10.2 Å². The van der Waals surface area contributed by atoms with Crippen molar-refractivity contribution in [2.45, 2.75) is 13.0 Å². The van der Waals surface area contributed by atoms with E-state index in [4.69, 9.17) is 0 Å². The first kappa shape index (κ1) is 12.9. The van der Waals surface area contributed by atoms with Gasteiger partial charge in [0.25, 0.3) is 0 Å². The van der Waals surface area contributed by atoms with E-state index >= 15 is 0 Å². The van der Waals surface area contributed by atoms with E-state index in [1.54, 1.807) is 13.0 Å². The lowest BCUT2D eigenvalue weighted by atomic mass is 10.2. The van der Waals surface area contributed by atoms with E-state index < -0.39 is 6.04 Å². The lowest BCUT2D eigenvalue weighted by Crippen LogP contribution is -2.56. The minimum absolute atomic E-state index is 0.122. The summed E-state index contributed by atoms with van der Waals surface area (Å²) in [5.41, 5.74) is 0.695. The number of rotatable bonds is 1. The van der Waals surface area contributed by atoms with Crippen LogP contribution in [0.3, 0.4) is 0 Å². The zero-order valence-corrected chi connectivity index (χ0v) is 11.5. The van der Waals surface area contributed by atoms with Crippen LogP contribution in [-0.4, -0.2) is 36.0 Å². The lowest BCUT2D eigenvalue weighted by Gasteiger charge is -2.32. The van der Waals surface area contributed by atoms with Crippen LogP contribution >= 0.6 is 15.9 Å². The molecule has 0 aromatic heterocycles. The molecule has 0 radical (unpaired) electrons. The van der Waals surface area contributed by atoms with Crippen LogP contribution in [0.5, 0.6) is 0 Å². The third-order valence-corrected chi connectivity index (χ3v) is 3.57. The summed E-state index contributed by atoms with van der Waals surface area (Å²) in [5.74, 6) is -0.122. The molecule has 1 aromatic rings. The van der Waals surface area contributed by atoms with Gasteiger partial charge in [-0.2, -0.15) is 0 Å². The molecule has 1 unspecified atom stereocenters. The Hall–Kier alpha value is -1.56. The largest absolute Gasteiger partial charge is 0.353 e. The van der Waals surface area contributed by atoms with Crippen molar-refractivity contribution in [3.63, 3.8) is 0 Å². The van der Waals surface area contributed by atoms with Crippen molar-refractivity contribution in [3.8, 4) is 0 Å². The average Bonchev–Trinajstić information content (AvgIpc) is 2.35. The van der Waals surface area contributed by atoms with E-state index in [-0.39, 0.29) is 11.9 Å². The molecular formula is C12H14BrN3O2. The van der Waals surface area contributed by atoms with Gasteiger partial charge in [-0.3, -0.25) is 4.79 Å². The van der Waals surface area contributed by atoms with Gasteiger partial charge >= 0.3 is 6.03 Å². The number of urea groups is 1. The van der Waals surface area contributed by atoms with Crippen LogP contribution in [0.1, 0.15) is 6.92 Å². The van der Waals surface area contributed by atoms with Crippen molar-refractivity contribution in [2.24, 2.45) is 0 Å². The standard InChI is InChI=1S/C12H14BrN3O2/c1-8-11(17)14-6-7-16(8)12(18)15-10-5-3-2-4-9(10)13/h2-5,8H,6-7H2,1H3,(H,14,17)(H,15,18). The molecule has 1 aliphatic rings. The van der Waals surface area contributed by atoms with Crippen molar-refractivity contribution < 1.29 is 9.59 Å². The van der Waals surface area contributed by atoms with Crippen LogP contribution in [0.15, 0.2) is 28.7 Å². The third kappa shape index (κ3) is 2.64. The van der Waals surface area contributed by atoms with E-state index in [1.165, 1.54) is 4.90 Å². The molecule has 1 aromatic carbocycles. The van der Waals surface area contributed by atoms with Gasteiger partial charge in [-0.15, -0.1) is 0 Å². The molecule has 1 saturated heterocycles. The topological polar surface area (TPSA) is 61.4 Å². The Morgan fingerprint density at radius 2 is 2.22 bits per heavy atom. The molecule has 1 fully saturated rings. The van der Waals surface area contributed by atoms with Crippen molar-refractivity contribution in [2.75, 3.05) is 18.4 Å². The van der Waals surface area contributed by atoms with E-state index in [2.05, 4.69) is 26.6 Å². The zero-order chi connectivity index (χ0) is 13.1. The van der Waals surface area contributed by atoms with E-state index in [0.29, 0.717) is 18.8 Å². The average molecular weight is 312 g/mol. The highest BCUT2D eigenvalue weighted by atomic mass is 79.9. The summed E-state index contributed by atoms with van der Waals surface area (Å²) in [6.45, 7) is 2.73. The summed E-state index contributed by atoms with van der Waals surface area (Å²) >= 11 is 3.36. The fourth-order valence-corrected chi connectivity index (χ4v) is 2.19. The fourth-order valence-electron chi connectivity index (χ4n) is 1.81. The highest BCUT2D eigenvalue weighted by Gasteiger charge is 2.29. The number of halogens is 1. The number of para-hydroxylation sites is 1. The van der Waals surface area contributed by atoms with Gasteiger partial charge in [-0.05, 0) is 35.0 Å². The summed E-state index contributed by atoms with van der Waals surface area (Å²) < 4.78 is 0.812. The first-order valence-electron chi connectivity index (χ1n) is 5.69. The molecule has 0 spiro atoms. The number of amides is 3. The Kier molecular flexibility index (Phi) is 3.86. The van der Waals surface area contributed by atoms with Crippen LogP contribution < -0.4 is 10.6 Å². The Labute approximate surface area is 114 Å². The summed E-state index contributed by atoms with van der Waals surface area (Å²) in [6.07, 6.45) is 0. The maximum atomic E-state index is 12.1. The Morgan fingerprint density at radius 3 is 2.94 bits per heavy atom. The van der Waals surface area contributed by atoms with Gasteiger partial charge in [0, 0.05) is 17.6 Å². The highest BCUT2D eigenvalue weighted by molar-refractivity contribution is 9.10. The van der Waals surface area contributed by atoms with Crippen LogP contribution in [-0.2, 0) is 4.79 Å².